The molecule has 3 aromatic rings. The van der Waals surface area contributed by atoms with Gasteiger partial charge in [0.05, 0.1) is 55.0 Å². The third-order valence-corrected chi connectivity index (χ3v) is 8.35. The van der Waals surface area contributed by atoms with E-state index in [1.807, 2.05) is 11.8 Å². The summed E-state index contributed by atoms with van der Waals surface area (Å²) in [6, 6.07) is 1.54. The number of nitrogens with zero attached hydrogens (tertiary/aromatic N) is 5. The number of nitrogens with one attached hydrogen (secondary N) is 1. The topological polar surface area (TPSA) is 131 Å². The molecule has 0 bridgehead atoms. The number of hydrogen-bond donors (Lipinski definition) is 2. The van der Waals surface area contributed by atoms with Crippen molar-refractivity contribution in [1.29, 1.82) is 0 Å². The van der Waals surface area contributed by atoms with E-state index in [2.05, 4.69) is 19.9 Å². The average molecular weight is 531 g/mol. The Kier molecular flexibility index (Phi) is 6.26. The zero-order valence-electron chi connectivity index (χ0n) is 18.9. The Morgan fingerprint density at radius 1 is 1.34 bits per heavy atom. The molecule has 0 aliphatic carbocycles. The molecule has 15 heteroatoms. The van der Waals surface area contributed by atoms with Crippen molar-refractivity contribution in [2.24, 2.45) is 0 Å². The molecule has 2 aliphatic heterocycles. The van der Waals surface area contributed by atoms with Crippen LogP contribution in [-0.4, -0.2) is 83.8 Å². The van der Waals surface area contributed by atoms with Crippen LogP contribution in [0.15, 0.2) is 23.4 Å². The highest BCUT2D eigenvalue weighted by molar-refractivity contribution is 7.89. The summed E-state index contributed by atoms with van der Waals surface area (Å²) < 4.78 is 68.1. The number of hydrogen-bond acceptors (Lipinski definition) is 10. The molecule has 2 fully saturated rings. The normalized spacial score (nSPS) is 22.6. The lowest BCUT2D eigenvalue weighted by Crippen LogP contribution is -2.59. The molecule has 2 saturated heterocycles. The monoisotopic (exact) mass is 530 g/mol. The summed E-state index contributed by atoms with van der Waals surface area (Å²) in [4.78, 5) is 6.25. The van der Waals surface area contributed by atoms with Crippen LogP contribution in [0.25, 0.3) is 16.3 Å². The van der Waals surface area contributed by atoms with Gasteiger partial charge >= 0.3 is 0 Å². The molecular weight excluding hydrogens is 506 g/mol. The van der Waals surface area contributed by atoms with Crippen LogP contribution in [0, 0.1) is 0 Å². The van der Waals surface area contributed by atoms with E-state index in [9.17, 15) is 22.3 Å². The molecule has 2 aliphatic rings. The molecule has 0 radical (unpaired) electrons. The number of fused-ring (bicyclic) bond motifs is 1. The van der Waals surface area contributed by atoms with Gasteiger partial charge in [-0.1, -0.05) is 11.3 Å². The summed E-state index contributed by atoms with van der Waals surface area (Å²) >= 11 is 0.692. The van der Waals surface area contributed by atoms with E-state index in [0.717, 1.165) is 0 Å². The number of aliphatic hydroxyl groups is 1. The van der Waals surface area contributed by atoms with Crippen molar-refractivity contribution >= 4 is 32.6 Å². The molecule has 2 N–H and O–H groups in total. The molecule has 190 valence electrons. The number of halogens is 2. The number of aliphatic hydroxyl groups excluding tert-OH is 1. The van der Waals surface area contributed by atoms with Gasteiger partial charge in [-0.3, -0.25) is 4.40 Å². The van der Waals surface area contributed by atoms with Crippen LogP contribution in [0.3, 0.4) is 0 Å². The van der Waals surface area contributed by atoms with E-state index < -0.39 is 33.1 Å². The third-order valence-electron chi connectivity index (χ3n) is 5.82. The summed E-state index contributed by atoms with van der Waals surface area (Å²) in [6.45, 7) is 4.69. The van der Waals surface area contributed by atoms with Crippen LogP contribution in [0.1, 0.15) is 25.3 Å². The Morgan fingerprint density at radius 2 is 2.11 bits per heavy atom. The molecule has 0 spiro atoms. The Labute approximate surface area is 203 Å². The van der Waals surface area contributed by atoms with Crippen molar-refractivity contribution in [3.05, 3.63) is 23.5 Å². The van der Waals surface area contributed by atoms with E-state index in [1.54, 1.807) is 13.0 Å². The lowest BCUT2D eigenvalue weighted by Gasteiger charge is -2.39. The Bertz CT molecular complexity index is 1340. The van der Waals surface area contributed by atoms with Crippen LogP contribution in [0.5, 0.6) is 0 Å². The fourth-order valence-corrected chi connectivity index (χ4v) is 6.31. The van der Waals surface area contributed by atoms with Crippen molar-refractivity contribution < 1.29 is 31.8 Å². The first-order chi connectivity index (χ1) is 16.6. The minimum atomic E-state index is -3.99. The predicted octanol–water partition coefficient (Wildman–Crippen LogP) is 1.44. The van der Waals surface area contributed by atoms with Gasteiger partial charge in [-0.25, -0.2) is 26.9 Å². The van der Waals surface area contributed by atoms with Gasteiger partial charge in [0.15, 0.2) is 15.8 Å². The molecule has 5 rings (SSSR count). The van der Waals surface area contributed by atoms with Gasteiger partial charge < -0.3 is 19.5 Å². The van der Waals surface area contributed by atoms with Crippen LogP contribution in [0.2, 0.25) is 0 Å². The van der Waals surface area contributed by atoms with E-state index in [-0.39, 0.29) is 41.7 Å². The maximum atomic E-state index is 13.4. The first-order valence-corrected chi connectivity index (χ1v) is 13.1. The number of pyridine rings is 1. The molecule has 0 unspecified atom stereocenters. The molecule has 0 saturated carbocycles. The molecular formula is C20H24F2N6O5S2. The second-order valence-electron chi connectivity index (χ2n) is 8.96. The predicted molar refractivity (Wildman–Crippen MR) is 122 cm³/mol. The summed E-state index contributed by atoms with van der Waals surface area (Å²) in [6.07, 6.45) is -0.526. The van der Waals surface area contributed by atoms with Crippen molar-refractivity contribution in [3.63, 3.8) is 0 Å². The first-order valence-electron chi connectivity index (χ1n) is 10.8. The van der Waals surface area contributed by atoms with Gasteiger partial charge in [0.2, 0.25) is 10.0 Å². The highest BCUT2D eigenvalue weighted by Crippen LogP contribution is 2.34. The van der Waals surface area contributed by atoms with Crippen molar-refractivity contribution in [2.75, 3.05) is 37.8 Å². The van der Waals surface area contributed by atoms with E-state index in [4.69, 9.17) is 9.47 Å². The van der Waals surface area contributed by atoms with Gasteiger partial charge in [-0.15, -0.1) is 10.2 Å². The number of morpholine rings is 1. The maximum absolute atomic E-state index is 13.4. The van der Waals surface area contributed by atoms with Gasteiger partial charge in [0, 0.05) is 19.3 Å². The minimum absolute atomic E-state index is 0.0364. The van der Waals surface area contributed by atoms with Crippen LogP contribution in [-0.2, 0) is 19.5 Å². The standard InChI is InChI=1S/C20H24F2N6O5S2/c1-11-5-27(6-12(8-29)33-11)14-3-13(35(30,31)26-20(2)9-32-10-20)7-28-15(14)4-23-17(28)19-25-24-18(34-19)16(21)22/h3-4,7,11-12,16,26,29H,5-6,8-10H2,1-2H3/t11-,12+/m1/s1. The second-order valence-corrected chi connectivity index (χ2v) is 11.7. The lowest BCUT2D eigenvalue weighted by atomic mass is 10.0. The summed E-state index contributed by atoms with van der Waals surface area (Å²) in [5, 5.41) is 16.7. The van der Waals surface area contributed by atoms with Crippen LogP contribution >= 0.6 is 11.3 Å². The number of rotatable bonds is 7. The van der Waals surface area contributed by atoms with E-state index in [1.165, 1.54) is 16.8 Å². The van der Waals surface area contributed by atoms with Crippen molar-refractivity contribution in [1.82, 2.24) is 24.3 Å². The van der Waals surface area contributed by atoms with Crippen molar-refractivity contribution in [2.45, 2.75) is 42.9 Å². The maximum Gasteiger partial charge on any atom is 0.291 e. The first kappa shape index (κ1) is 24.4. The second kappa shape index (κ2) is 8.97. The number of sulfonamides is 1. The molecule has 2 atom stereocenters. The molecule has 3 aromatic heterocycles. The highest BCUT2D eigenvalue weighted by atomic mass is 32.2. The lowest BCUT2D eigenvalue weighted by molar-refractivity contribution is -0.0523. The Hall–Kier alpha value is -2.30. The summed E-state index contributed by atoms with van der Waals surface area (Å²) in [7, 11) is -3.99. The quantitative estimate of drug-likeness (QED) is 0.466. The zero-order valence-corrected chi connectivity index (χ0v) is 20.5. The van der Waals surface area contributed by atoms with Gasteiger partial charge in [-0.05, 0) is 19.9 Å². The number of imidazole rings is 1. The van der Waals surface area contributed by atoms with Crippen molar-refractivity contribution in [3.8, 4) is 10.8 Å². The van der Waals surface area contributed by atoms with E-state index in [0.29, 0.717) is 35.6 Å². The smallest absolute Gasteiger partial charge is 0.291 e. The number of alkyl halides is 2. The van der Waals surface area contributed by atoms with Gasteiger partial charge in [-0.2, -0.15) is 0 Å². The van der Waals surface area contributed by atoms with Gasteiger partial charge in [0.1, 0.15) is 4.90 Å². The van der Waals surface area contributed by atoms with E-state index >= 15 is 0 Å². The largest absolute Gasteiger partial charge is 0.394 e. The SMILES string of the molecule is C[C@@H]1CN(c2cc(S(=O)(=O)NC3(C)COC3)cn3c(-c4nnc(C(F)F)s4)ncc23)C[C@@H](CO)O1. The number of ether oxygens (including phenoxy) is 2. The fourth-order valence-electron chi connectivity index (χ4n) is 4.22. The molecule has 0 aromatic carbocycles. The Morgan fingerprint density at radius 3 is 2.74 bits per heavy atom. The number of anilines is 1. The summed E-state index contributed by atoms with van der Waals surface area (Å²) in [5.74, 6) is 0.195. The third kappa shape index (κ3) is 4.63. The molecule has 35 heavy (non-hydrogen) atoms. The fraction of sp³-hybridized carbons (Fsp3) is 0.550. The van der Waals surface area contributed by atoms with Gasteiger partial charge in [0.25, 0.3) is 6.43 Å². The van der Waals surface area contributed by atoms with Crippen LogP contribution in [0.4, 0.5) is 14.5 Å². The minimum Gasteiger partial charge on any atom is -0.394 e. The Balaban J connectivity index is 1.65. The zero-order chi connectivity index (χ0) is 25.0. The molecule has 0 amide bonds. The summed E-state index contributed by atoms with van der Waals surface area (Å²) in [5.41, 5.74) is 0.373. The molecule has 11 nitrogen and oxygen atoms in total. The number of aromatic nitrogens is 4. The molecule has 5 heterocycles. The van der Waals surface area contributed by atoms with Crippen LogP contribution < -0.4 is 9.62 Å². The average Bonchev–Trinajstić information content (AvgIpc) is 3.43. The highest BCUT2D eigenvalue weighted by Gasteiger charge is 2.38.